The molecule has 2 rings (SSSR count). The minimum atomic E-state index is -4.44. The molecular weight excluding hydrogens is 319 g/mol. The minimum Gasteiger partial charge on any atom is -0.342 e. The normalized spacial score (nSPS) is 12.7. The first-order valence-electron chi connectivity index (χ1n) is 6.15. The first-order valence-corrected chi connectivity index (χ1v) is 7.37. The Bertz CT molecular complexity index is 723. The quantitative estimate of drug-likeness (QED) is 0.756. The molecule has 0 aliphatic carbocycles. The zero-order valence-electron chi connectivity index (χ0n) is 11.9. The lowest BCUT2D eigenvalue weighted by atomic mass is 9.95. The molecule has 0 bridgehead atoms. The van der Waals surface area contributed by atoms with Gasteiger partial charge in [0.15, 0.2) is 5.01 Å². The summed E-state index contributed by atoms with van der Waals surface area (Å²) < 4.78 is 38.4. The number of H-pyrrole nitrogens is 1. The van der Waals surface area contributed by atoms with E-state index >= 15 is 0 Å². The molecule has 0 fully saturated rings. The first-order chi connectivity index (χ1) is 9.50. The summed E-state index contributed by atoms with van der Waals surface area (Å²) in [5, 5.41) is -0.870. The summed E-state index contributed by atoms with van der Waals surface area (Å²) in [6, 6.07) is 0. The van der Waals surface area contributed by atoms with Crippen molar-refractivity contribution in [2.45, 2.75) is 39.3 Å². The minimum absolute atomic E-state index is 0.284. The van der Waals surface area contributed by atoms with Crippen LogP contribution in [0.4, 0.5) is 13.2 Å². The molecule has 0 amide bonds. The largest absolute Gasteiger partial charge is 0.443 e. The van der Waals surface area contributed by atoms with E-state index in [4.69, 9.17) is 12.2 Å². The lowest BCUT2D eigenvalue weighted by molar-refractivity contribution is -0.137. The number of nitrogens with one attached hydrogen (secondary N) is 1. The predicted molar refractivity (Wildman–Crippen MR) is 79.0 cm³/mol. The maximum atomic E-state index is 12.7. The molecule has 0 atom stereocenters. The summed E-state index contributed by atoms with van der Waals surface area (Å²) in [5.74, 6) is 0.634. The van der Waals surface area contributed by atoms with Gasteiger partial charge in [-0.3, -0.25) is 0 Å². The van der Waals surface area contributed by atoms with E-state index in [0.717, 1.165) is 0 Å². The van der Waals surface area contributed by atoms with Crippen LogP contribution in [0.2, 0.25) is 0 Å². The lowest BCUT2D eigenvalue weighted by Gasteiger charge is -2.19. The van der Waals surface area contributed by atoms with E-state index in [1.807, 2.05) is 20.8 Å². The van der Waals surface area contributed by atoms with Gasteiger partial charge >= 0.3 is 6.18 Å². The number of alkyl halides is 3. The van der Waals surface area contributed by atoms with Gasteiger partial charge in [0.1, 0.15) is 10.5 Å². The predicted octanol–water partition coefficient (Wildman–Crippen LogP) is 4.89. The maximum absolute atomic E-state index is 12.7. The van der Waals surface area contributed by atoms with E-state index < -0.39 is 11.2 Å². The highest BCUT2D eigenvalue weighted by Crippen LogP contribution is 2.37. The fourth-order valence-corrected chi connectivity index (χ4v) is 2.69. The van der Waals surface area contributed by atoms with E-state index in [2.05, 4.69) is 15.0 Å². The summed E-state index contributed by atoms with van der Waals surface area (Å²) in [6.45, 7) is 7.59. The Balaban J connectivity index is 2.61. The van der Waals surface area contributed by atoms with E-state index in [1.165, 1.54) is 6.20 Å². The first kappa shape index (κ1) is 16.1. The smallest absolute Gasteiger partial charge is 0.342 e. The monoisotopic (exact) mass is 333 g/mol. The summed E-state index contributed by atoms with van der Waals surface area (Å²) in [5.41, 5.74) is 0.913. The van der Waals surface area contributed by atoms with Crippen LogP contribution in [0.15, 0.2) is 6.20 Å². The molecule has 2 heterocycles. The van der Waals surface area contributed by atoms with Crippen molar-refractivity contribution in [2.75, 3.05) is 0 Å². The Morgan fingerprint density at radius 2 is 1.86 bits per heavy atom. The molecule has 2 aromatic rings. The van der Waals surface area contributed by atoms with Crippen LogP contribution < -0.4 is 0 Å². The topological polar surface area (TPSA) is 41.6 Å². The van der Waals surface area contributed by atoms with Gasteiger partial charge < -0.3 is 4.98 Å². The van der Waals surface area contributed by atoms with E-state index in [0.29, 0.717) is 37.9 Å². The third-order valence-corrected chi connectivity index (χ3v) is 4.31. The van der Waals surface area contributed by atoms with Crippen molar-refractivity contribution >= 4 is 23.6 Å². The number of thiazole rings is 1. The molecule has 1 N–H and O–H groups in total. The second-order valence-corrected chi connectivity index (χ2v) is 7.09. The van der Waals surface area contributed by atoms with Crippen LogP contribution in [-0.4, -0.2) is 15.0 Å². The molecule has 0 saturated carbocycles. The Morgan fingerprint density at radius 3 is 2.33 bits per heavy atom. The zero-order chi connectivity index (χ0) is 16.0. The third kappa shape index (κ3) is 3.32. The molecule has 114 valence electrons. The third-order valence-electron chi connectivity index (χ3n) is 2.86. The number of rotatable bonds is 1. The molecule has 0 unspecified atom stereocenters. The number of halogens is 3. The highest BCUT2D eigenvalue weighted by molar-refractivity contribution is 7.71. The van der Waals surface area contributed by atoms with E-state index in [-0.39, 0.29) is 5.41 Å². The molecule has 3 nitrogen and oxygen atoms in total. The van der Waals surface area contributed by atoms with Crippen LogP contribution in [-0.2, 0) is 11.6 Å². The van der Waals surface area contributed by atoms with Crippen molar-refractivity contribution in [1.82, 2.24) is 15.0 Å². The van der Waals surface area contributed by atoms with E-state index in [9.17, 15) is 13.2 Å². The van der Waals surface area contributed by atoms with Gasteiger partial charge in [-0.1, -0.05) is 33.0 Å². The Morgan fingerprint density at radius 1 is 1.24 bits per heavy atom. The van der Waals surface area contributed by atoms with Crippen molar-refractivity contribution in [1.29, 1.82) is 0 Å². The average molecular weight is 333 g/mol. The Hall–Kier alpha value is -1.28. The van der Waals surface area contributed by atoms with Gasteiger partial charge in [0, 0.05) is 17.2 Å². The number of aromatic nitrogens is 3. The number of nitrogens with zero attached hydrogens (tertiary/aromatic N) is 2. The number of hydrogen-bond donors (Lipinski definition) is 1. The molecule has 0 aliphatic rings. The second kappa shape index (κ2) is 5.17. The van der Waals surface area contributed by atoms with Crippen molar-refractivity contribution in [3.8, 4) is 10.6 Å². The standard InChI is InChI=1S/C13H14F3N3S2/c1-6-8(7-5-17-11(21-7)13(14,15)16)18-10(12(2,3)4)19-9(6)20/h5H,1-4H3,(H,18,19,20). The molecule has 2 aromatic heterocycles. The fraction of sp³-hybridized carbons (Fsp3) is 0.462. The molecular formula is C13H14F3N3S2. The van der Waals surface area contributed by atoms with Crippen LogP contribution in [0.25, 0.3) is 10.6 Å². The van der Waals surface area contributed by atoms with Gasteiger partial charge in [-0.25, -0.2) is 9.97 Å². The van der Waals surface area contributed by atoms with Crippen LogP contribution >= 0.6 is 23.6 Å². The van der Waals surface area contributed by atoms with Gasteiger partial charge in [-0.05, 0) is 6.92 Å². The Kier molecular flexibility index (Phi) is 3.96. The SMILES string of the molecule is Cc1c(-c2cnc(C(F)(F)F)s2)[nH]c(C(C)(C)C)nc1=S. The summed E-state index contributed by atoms with van der Waals surface area (Å²) in [7, 11) is 0. The molecule has 0 aromatic carbocycles. The number of hydrogen-bond acceptors (Lipinski definition) is 4. The van der Waals surface area contributed by atoms with Crippen molar-refractivity contribution in [2.24, 2.45) is 0 Å². The number of aromatic amines is 1. The average Bonchev–Trinajstić information content (AvgIpc) is 2.80. The van der Waals surface area contributed by atoms with Gasteiger partial charge in [0.25, 0.3) is 0 Å². The molecule has 8 heteroatoms. The van der Waals surface area contributed by atoms with Crippen LogP contribution in [0.3, 0.4) is 0 Å². The Labute approximate surface area is 129 Å². The highest BCUT2D eigenvalue weighted by Gasteiger charge is 2.35. The molecule has 0 radical (unpaired) electrons. The lowest BCUT2D eigenvalue weighted by Crippen LogP contribution is -2.17. The van der Waals surface area contributed by atoms with Crippen LogP contribution in [0.1, 0.15) is 37.2 Å². The molecule has 21 heavy (non-hydrogen) atoms. The zero-order valence-corrected chi connectivity index (χ0v) is 13.6. The molecule has 0 spiro atoms. The van der Waals surface area contributed by atoms with Crippen LogP contribution in [0.5, 0.6) is 0 Å². The van der Waals surface area contributed by atoms with Gasteiger partial charge in [0.2, 0.25) is 0 Å². The van der Waals surface area contributed by atoms with Gasteiger partial charge in [-0.2, -0.15) is 13.2 Å². The summed E-state index contributed by atoms with van der Waals surface area (Å²) in [4.78, 5) is 11.3. The van der Waals surface area contributed by atoms with Gasteiger partial charge in [-0.15, -0.1) is 11.3 Å². The molecule has 0 saturated heterocycles. The summed E-state index contributed by atoms with van der Waals surface area (Å²) in [6.07, 6.45) is -3.22. The maximum Gasteiger partial charge on any atom is 0.443 e. The van der Waals surface area contributed by atoms with Gasteiger partial charge in [0.05, 0.1) is 10.6 Å². The highest BCUT2D eigenvalue weighted by atomic mass is 32.1. The molecule has 0 aliphatic heterocycles. The van der Waals surface area contributed by atoms with Crippen molar-refractivity contribution in [3.05, 3.63) is 27.2 Å². The van der Waals surface area contributed by atoms with E-state index in [1.54, 1.807) is 6.92 Å². The van der Waals surface area contributed by atoms with Crippen molar-refractivity contribution in [3.63, 3.8) is 0 Å². The van der Waals surface area contributed by atoms with Crippen molar-refractivity contribution < 1.29 is 13.2 Å². The fourth-order valence-electron chi connectivity index (χ4n) is 1.65. The summed E-state index contributed by atoms with van der Waals surface area (Å²) >= 11 is 5.80. The second-order valence-electron chi connectivity index (χ2n) is 5.67. The van der Waals surface area contributed by atoms with Crippen LogP contribution in [0, 0.1) is 11.6 Å².